The van der Waals surface area contributed by atoms with E-state index >= 15 is 0 Å². The lowest BCUT2D eigenvalue weighted by atomic mass is 9.94. The van der Waals surface area contributed by atoms with Gasteiger partial charge in [0.1, 0.15) is 6.04 Å². The first-order valence-electron chi connectivity index (χ1n) is 7.82. The summed E-state index contributed by atoms with van der Waals surface area (Å²) in [7, 11) is 1.87. The SMILES string of the molecule is CN(C(=O)CN1CCCC[C@@H]1C(=O)O)C1CCCCC1. The number of carboxylic acids is 1. The third-order valence-corrected chi connectivity index (χ3v) is 4.75. The van der Waals surface area contributed by atoms with Gasteiger partial charge in [-0.15, -0.1) is 0 Å². The van der Waals surface area contributed by atoms with Crippen molar-refractivity contribution in [3.8, 4) is 0 Å². The largest absolute Gasteiger partial charge is 0.480 e. The van der Waals surface area contributed by atoms with Crippen molar-refractivity contribution in [1.82, 2.24) is 9.80 Å². The van der Waals surface area contributed by atoms with Gasteiger partial charge in [0.05, 0.1) is 6.54 Å². The monoisotopic (exact) mass is 282 g/mol. The van der Waals surface area contributed by atoms with Crippen molar-refractivity contribution < 1.29 is 14.7 Å². The fraction of sp³-hybridized carbons (Fsp3) is 0.867. The highest BCUT2D eigenvalue weighted by Crippen LogP contribution is 2.22. The smallest absolute Gasteiger partial charge is 0.320 e. The third-order valence-electron chi connectivity index (χ3n) is 4.75. The number of carbonyl (C=O) groups is 2. The predicted octanol–water partition coefficient (Wildman–Crippen LogP) is 1.72. The second-order valence-electron chi connectivity index (χ2n) is 6.12. The molecule has 0 aromatic carbocycles. The Morgan fingerprint density at radius 2 is 1.75 bits per heavy atom. The quantitative estimate of drug-likeness (QED) is 0.853. The lowest BCUT2D eigenvalue weighted by Gasteiger charge is -2.36. The summed E-state index contributed by atoms with van der Waals surface area (Å²) in [5.41, 5.74) is 0. The molecule has 1 atom stereocenters. The van der Waals surface area contributed by atoms with Gasteiger partial charge >= 0.3 is 5.97 Å². The van der Waals surface area contributed by atoms with Gasteiger partial charge in [-0.2, -0.15) is 0 Å². The van der Waals surface area contributed by atoms with E-state index in [4.69, 9.17) is 0 Å². The molecule has 1 aliphatic heterocycles. The zero-order valence-electron chi connectivity index (χ0n) is 12.4. The van der Waals surface area contributed by atoms with Gasteiger partial charge in [0.2, 0.25) is 5.91 Å². The first kappa shape index (κ1) is 15.3. The number of carboxylic acid groups (broad SMARTS) is 1. The summed E-state index contributed by atoms with van der Waals surface area (Å²) < 4.78 is 0. The molecule has 1 aliphatic carbocycles. The molecule has 1 heterocycles. The van der Waals surface area contributed by atoms with Crippen LogP contribution in [0.1, 0.15) is 51.4 Å². The molecule has 2 rings (SSSR count). The summed E-state index contributed by atoms with van der Waals surface area (Å²) >= 11 is 0. The van der Waals surface area contributed by atoms with Gasteiger partial charge in [-0.05, 0) is 32.2 Å². The third kappa shape index (κ3) is 3.72. The number of likely N-dealkylation sites (N-methyl/N-ethyl adjacent to an activating group) is 1. The summed E-state index contributed by atoms with van der Waals surface area (Å²) in [6.45, 7) is 0.977. The highest BCUT2D eigenvalue weighted by atomic mass is 16.4. The van der Waals surface area contributed by atoms with Gasteiger partial charge in [0, 0.05) is 13.1 Å². The molecule has 2 fully saturated rings. The molecule has 0 spiro atoms. The van der Waals surface area contributed by atoms with Crippen LogP contribution in [0.15, 0.2) is 0 Å². The Morgan fingerprint density at radius 3 is 2.40 bits per heavy atom. The number of piperidine rings is 1. The number of hydrogen-bond donors (Lipinski definition) is 1. The Hall–Kier alpha value is -1.10. The maximum atomic E-state index is 12.4. The molecule has 0 radical (unpaired) electrons. The zero-order chi connectivity index (χ0) is 14.5. The summed E-state index contributed by atoms with van der Waals surface area (Å²) in [6.07, 6.45) is 8.44. The Balaban J connectivity index is 1.89. The Bertz CT molecular complexity index is 353. The molecule has 2 aliphatic rings. The van der Waals surface area contributed by atoms with E-state index in [0.717, 1.165) is 32.2 Å². The van der Waals surface area contributed by atoms with Crippen LogP contribution in [0, 0.1) is 0 Å². The summed E-state index contributed by atoms with van der Waals surface area (Å²) in [5.74, 6) is -0.720. The molecule has 5 nitrogen and oxygen atoms in total. The minimum absolute atomic E-state index is 0.0741. The number of aliphatic carboxylic acids is 1. The first-order chi connectivity index (χ1) is 9.59. The molecule has 1 saturated carbocycles. The normalized spacial score (nSPS) is 25.4. The van der Waals surface area contributed by atoms with Crippen molar-refractivity contribution in [2.45, 2.75) is 63.5 Å². The second-order valence-corrected chi connectivity index (χ2v) is 6.12. The van der Waals surface area contributed by atoms with E-state index in [0.29, 0.717) is 12.5 Å². The van der Waals surface area contributed by atoms with E-state index in [1.807, 2.05) is 16.8 Å². The van der Waals surface area contributed by atoms with E-state index in [9.17, 15) is 14.7 Å². The highest BCUT2D eigenvalue weighted by molar-refractivity contribution is 5.80. The van der Waals surface area contributed by atoms with Crippen molar-refractivity contribution in [2.75, 3.05) is 20.1 Å². The average Bonchev–Trinajstić information content (AvgIpc) is 2.47. The van der Waals surface area contributed by atoms with Gasteiger partial charge < -0.3 is 10.0 Å². The molecular weight excluding hydrogens is 256 g/mol. The average molecular weight is 282 g/mol. The molecule has 1 amide bonds. The van der Waals surface area contributed by atoms with Crippen LogP contribution in [-0.4, -0.2) is 59.0 Å². The Morgan fingerprint density at radius 1 is 1.10 bits per heavy atom. The number of carbonyl (C=O) groups excluding carboxylic acids is 1. The van der Waals surface area contributed by atoms with E-state index in [1.54, 1.807) is 0 Å². The van der Waals surface area contributed by atoms with Crippen LogP contribution in [0.25, 0.3) is 0 Å². The molecule has 114 valence electrons. The predicted molar refractivity (Wildman–Crippen MR) is 76.5 cm³/mol. The van der Waals surface area contributed by atoms with Crippen LogP contribution >= 0.6 is 0 Å². The van der Waals surface area contributed by atoms with Crippen molar-refractivity contribution in [1.29, 1.82) is 0 Å². The minimum atomic E-state index is -0.794. The molecule has 1 saturated heterocycles. The molecule has 0 aromatic rings. The minimum Gasteiger partial charge on any atom is -0.480 e. The second kappa shape index (κ2) is 7.07. The molecule has 1 N–H and O–H groups in total. The molecule has 0 bridgehead atoms. The first-order valence-corrected chi connectivity index (χ1v) is 7.82. The highest BCUT2D eigenvalue weighted by Gasteiger charge is 2.31. The Kier molecular flexibility index (Phi) is 5.40. The molecule has 0 aromatic heterocycles. The van der Waals surface area contributed by atoms with Gasteiger partial charge in [0.15, 0.2) is 0 Å². The van der Waals surface area contributed by atoms with Crippen molar-refractivity contribution in [3.63, 3.8) is 0 Å². The lowest BCUT2D eigenvalue weighted by Crippen LogP contribution is -2.50. The van der Waals surface area contributed by atoms with Crippen LogP contribution in [0.2, 0.25) is 0 Å². The number of amides is 1. The van der Waals surface area contributed by atoms with Crippen molar-refractivity contribution in [2.24, 2.45) is 0 Å². The summed E-state index contributed by atoms with van der Waals surface area (Å²) in [4.78, 5) is 27.3. The van der Waals surface area contributed by atoms with Gasteiger partial charge in [-0.1, -0.05) is 25.7 Å². The van der Waals surface area contributed by atoms with Gasteiger partial charge in [0.25, 0.3) is 0 Å². The standard InChI is InChI=1S/C15H26N2O3/c1-16(12-7-3-2-4-8-12)14(18)11-17-10-6-5-9-13(17)15(19)20/h12-13H,2-11H2,1H3,(H,19,20)/t13-/m1/s1. The van der Waals surface area contributed by atoms with Crippen LogP contribution in [0.5, 0.6) is 0 Å². The summed E-state index contributed by atoms with van der Waals surface area (Å²) in [6, 6.07) is -0.128. The van der Waals surface area contributed by atoms with Crippen LogP contribution in [0.3, 0.4) is 0 Å². The van der Waals surface area contributed by atoms with Crippen LogP contribution in [-0.2, 0) is 9.59 Å². The fourth-order valence-corrected chi connectivity index (χ4v) is 3.42. The van der Waals surface area contributed by atoms with Crippen LogP contribution < -0.4 is 0 Å². The maximum Gasteiger partial charge on any atom is 0.320 e. The lowest BCUT2D eigenvalue weighted by molar-refractivity contribution is -0.146. The molecule has 5 heteroatoms. The summed E-state index contributed by atoms with van der Waals surface area (Å²) in [5, 5.41) is 9.24. The van der Waals surface area contributed by atoms with Crippen molar-refractivity contribution >= 4 is 11.9 Å². The number of likely N-dealkylation sites (tertiary alicyclic amines) is 1. The van der Waals surface area contributed by atoms with Crippen molar-refractivity contribution in [3.05, 3.63) is 0 Å². The number of nitrogens with zero attached hydrogens (tertiary/aromatic N) is 2. The molecular formula is C15H26N2O3. The number of hydrogen-bond acceptors (Lipinski definition) is 3. The molecule has 0 unspecified atom stereocenters. The van der Waals surface area contributed by atoms with E-state index < -0.39 is 12.0 Å². The maximum absolute atomic E-state index is 12.4. The van der Waals surface area contributed by atoms with Gasteiger partial charge in [-0.25, -0.2) is 0 Å². The topological polar surface area (TPSA) is 60.9 Å². The van der Waals surface area contributed by atoms with E-state index in [2.05, 4.69) is 0 Å². The number of rotatable bonds is 4. The molecule has 20 heavy (non-hydrogen) atoms. The Labute approximate surface area is 120 Å². The van der Waals surface area contributed by atoms with Crippen LogP contribution in [0.4, 0.5) is 0 Å². The van der Waals surface area contributed by atoms with E-state index in [-0.39, 0.29) is 12.5 Å². The zero-order valence-corrected chi connectivity index (χ0v) is 12.4. The van der Waals surface area contributed by atoms with Gasteiger partial charge in [-0.3, -0.25) is 14.5 Å². The van der Waals surface area contributed by atoms with E-state index in [1.165, 1.54) is 19.3 Å². The fourth-order valence-electron chi connectivity index (χ4n) is 3.42.